The summed E-state index contributed by atoms with van der Waals surface area (Å²) in [5, 5.41) is 11.5. The third-order valence-corrected chi connectivity index (χ3v) is 3.13. The third-order valence-electron chi connectivity index (χ3n) is 3.13. The van der Waals surface area contributed by atoms with Crippen LogP contribution in [0, 0.1) is 5.92 Å². The molecule has 0 aliphatic carbocycles. The van der Waals surface area contributed by atoms with Crippen LogP contribution in [-0.2, 0) is 4.79 Å². The Kier molecular flexibility index (Phi) is 5.68. The molecular formula is C13H22N2O3. The molecule has 102 valence electrons. The molecule has 1 fully saturated rings. The van der Waals surface area contributed by atoms with Crippen LogP contribution < -0.4 is 5.32 Å². The van der Waals surface area contributed by atoms with Gasteiger partial charge in [-0.05, 0) is 32.6 Å². The number of piperidine rings is 1. The molecule has 0 radical (unpaired) electrons. The summed E-state index contributed by atoms with van der Waals surface area (Å²) in [6.45, 7) is 5.83. The summed E-state index contributed by atoms with van der Waals surface area (Å²) in [5.74, 6) is -0.536. The minimum atomic E-state index is -0.749. The summed E-state index contributed by atoms with van der Waals surface area (Å²) >= 11 is 0. The molecule has 2 amide bonds. The first kappa shape index (κ1) is 14.5. The van der Waals surface area contributed by atoms with Gasteiger partial charge < -0.3 is 15.3 Å². The number of urea groups is 1. The standard InChI is InChI=1S/C13H22N2O3/c1-10(2)3-6-14-13(18)15-7-4-11(5-8-15)9-12(16)17/h3,11H,4-9H2,1-2H3,(H,14,18)(H,16,17). The maximum atomic E-state index is 11.8. The van der Waals surface area contributed by atoms with Crippen LogP contribution in [0.1, 0.15) is 33.1 Å². The van der Waals surface area contributed by atoms with E-state index < -0.39 is 5.97 Å². The van der Waals surface area contributed by atoms with Crippen LogP contribution in [0.3, 0.4) is 0 Å². The second-order valence-corrected chi connectivity index (χ2v) is 5.00. The van der Waals surface area contributed by atoms with Gasteiger partial charge in [0.1, 0.15) is 0 Å². The first-order valence-corrected chi connectivity index (χ1v) is 6.37. The molecule has 0 aromatic rings. The molecular weight excluding hydrogens is 232 g/mol. The number of amides is 2. The maximum Gasteiger partial charge on any atom is 0.317 e. The number of rotatable bonds is 4. The number of hydrogen-bond donors (Lipinski definition) is 2. The van der Waals surface area contributed by atoms with E-state index >= 15 is 0 Å². The highest BCUT2D eigenvalue weighted by Gasteiger charge is 2.23. The number of carboxylic acid groups (broad SMARTS) is 1. The Hall–Kier alpha value is -1.52. The predicted molar refractivity (Wildman–Crippen MR) is 69.4 cm³/mol. The lowest BCUT2D eigenvalue weighted by atomic mass is 9.94. The number of aliphatic carboxylic acids is 1. The molecule has 1 aliphatic rings. The Bertz CT molecular complexity index is 327. The first-order chi connectivity index (χ1) is 8.49. The second-order valence-electron chi connectivity index (χ2n) is 5.00. The molecule has 5 heteroatoms. The zero-order valence-electron chi connectivity index (χ0n) is 11.1. The zero-order chi connectivity index (χ0) is 13.5. The van der Waals surface area contributed by atoms with Crippen molar-refractivity contribution in [2.75, 3.05) is 19.6 Å². The molecule has 1 saturated heterocycles. The van der Waals surface area contributed by atoms with Gasteiger partial charge >= 0.3 is 12.0 Å². The predicted octanol–water partition coefficient (Wildman–Crippen LogP) is 1.85. The molecule has 0 aromatic heterocycles. The van der Waals surface area contributed by atoms with Gasteiger partial charge in [-0.2, -0.15) is 0 Å². The lowest BCUT2D eigenvalue weighted by Gasteiger charge is -2.31. The van der Waals surface area contributed by atoms with Gasteiger partial charge in [0.25, 0.3) is 0 Å². The molecule has 1 rings (SSSR count). The quantitative estimate of drug-likeness (QED) is 0.752. The normalized spacial score (nSPS) is 16.2. The van der Waals surface area contributed by atoms with Gasteiger partial charge in [0.05, 0.1) is 0 Å². The van der Waals surface area contributed by atoms with Gasteiger partial charge in [-0.1, -0.05) is 11.6 Å². The molecule has 0 aromatic carbocycles. The molecule has 1 aliphatic heterocycles. The zero-order valence-corrected chi connectivity index (χ0v) is 11.1. The number of likely N-dealkylation sites (tertiary alicyclic amines) is 1. The van der Waals surface area contributed by atoms with Crippen LogP contribution in [0.15, 0.2) is 11.6 Å². The Morgan fingerprint density at radius 2 is 1.94 bits per heavy atom. The van der Waals surface area contributed by atoms with Crippen molar-refractivity contribution >= 4 is 12.0 Å². The van der Waals surface area contributed by atoms with E-state index in [2.05, 4.69) is 5.32 Å². The second kappa shape index (κ2) is 7.03. The van der Waals surface area contributed by atoms with Gasteiger partial charge in [0.2, 0.25) is 0 Å². The smallest absolute Gasteiger partial charge is 0.317 e. The minimum absolute atomic E-state index is 0.0544. The summed E-state index contributed by atoms with van der Waals surface area (Å²) in [7, 11) is 0. The molecule has 2 N–H and O–H groups in total. The van der Waals surface area contributed by atoms with E-state index in [0.717, 1.165) is 12.8 Å². The van der Waals surface area contributed by atoms with Crippen LogP contribution in [0.2, 0.25) is 0 Å². The number of carboxylic acids is 1. The summed E-state index contributed by atoms with van der Waals surface area (Å²) in [5.41, 5.74) is 1.18. The highest BCUT2D eigenvalue weighted by atomic mass is 16.4. The molecule has 0 bridgehead atoms. The number of carbonyl (C=O) groups excluding carboxylic acids is 1. The van der Waals surface area contributed by atoms with Gasteiger partial charge in [-0.15, -0.1) is 0 Å². The molecule has 1 heterocycles. The van der Waals surface area contributed by atoms with E-state index in [-0.39, 0.29) is 18.4 Å². The number of nitrogens with one attached hydrogen (secondary N) is 1. The fourth-order valence-corrected chi connectivity index (χ4v) is 2.04. The molecule has 0 unspecified atom stereocenters. The summed E-state index contributed by atoms with van der Waals surface area (Å²) in [6, 6.07) is -0.0544. The maximum absolute atomic E-state index is 11.8. The average molecular weight is 254 g/mol. The van der Waals surface area contributed by atoms with Crippen molar-refractivity contribution in [3.05, 3.63) is 11.6 Å². The highest BCUT2D eigenvalue weighted by molar-refractivity contribution is 5.74. The number of nitrogens with zero attached hydrogens (tertiary/aromatic N) is 1. The van der Waals surface area contributed by atoms with Gasteiger partial charge in [0, 0.05) is 26.1 Å². The molecule has 5 nitrogen and oxygen atoms in total. The molecule has 18 heavy (non-hydrogen) atoms. The lowest BCUT2D eigenvalue weighted by Crippen LogP contribution is -2.44. The van der Waals surface area contributed by atoms with E-state index in [1.54, 1.807) is 4.90 Å². The van der Waals surface area contributed by atoms with Crippen LogP contribution in [-0.4, -0.2) is 41.6 Å². The Morgan fingerprint density at radius 1 is 1.33 bits per heavy atom. The van der Waals surface area contributed by atoms with Crippen molar-refractivity contribution in [1.82, 2.24) is 10.2 Å². The van der Waals surface area contributed by atoms with Crippen molar-refractivity contribution < 1.29 is 14.7 Å². The van der Waals surface area contributed by atoms with Crippen molar-refractivity contribution in [2.45, 2.75) is 33.1 Å². The van der Waals surface area contributed by atoms with E-state index in [4.69, 9.17) is 5.11 Å². The molecule has 0 spiro atoms. The third kappa shape index (κ3) is 5.21. The lowest BCUT2D eigenvalue weighted by molar-refractivity contribution is -0.138. The van der Waals surface area contributed by atoms with Gasteiger partial charge in [-0.3, -0.25) is 4.79 Å². The number of carbonyl (C=O) groups is 2. The van der Waals surface area contributed by atoms with E-state index in [1.807, 2.05) is 19.9 Å². The fourth-order valence-electron chi connectivity index (χ4n) is 2.04. The minimum Gasteiger partial charge on any atom is -0.481 e. The van der Waals surface area contributed by atoms with Crippen LogP contribution in [0.25, 0.3) is 0 Å². The number of hydrogen-bond acceptors (Lipinski definition) is 2. The van der Waals surface area contributed by atoms with Crippen molar-refractivity contribution in [3.63, 3.8) is 0 Å². The molecule has 0 atom stereocenters. The van der Waals surface area contributed by atoms with Gasteiger partial charge in [0.15, 0.2) is 0 Å². The highest BCUT2D eigenvalue weighted by Crippen LogP contribution is 2.20. The van der Waals surface area contributed by atoms with Crippen LogP contribution >= 0.6 is 0 Å². The number of allylic oxidation sites excluding steroid dienone is 1. The summed E-state index contributed by atoms with van der Waals surface area (Å²) in [4.78, 5) is 24.1. The SMILES string of the molecule is CC(C)=CCNC(=O)N1CCC(CC(=O)O)CC1. The monoisotopic (exact) mass is 254 g/mol. The van der Waals surface area contributed by atoms with Crippen molar-refractivity contribution in [1.29, 1.82) is 0 Å². The Morgan fingerprint density at radius 3 is 2.44 bits per heavy atom. The summed E-state index contributed by atoms with van der Waals surface area (Å²) in [6.07, 6.45) is 3.74. The fraction of sp³-hybridized carbons (Fsp3) is 0.692. The largest absolute Gasteiger partial charge is 0.481 e. The van der Waals surface area contributed by atoms with Crippen LogP contribution in [0.4, 0.5) is 4.79 Å². The van der Waals surface area contributed by atoms with E-state index in [1.165, 1.54) is 5.57 Å². The Balaban J connectivity index is 2.27. The van der Waals surface area contributed by atoms with E-state index in [9.17, 15) is 9.59 Å². The molecule has 0 saturated carbocycles. The summed E-state index contributed by atoms with van der Waals surface area (Å²) < 4.78 is 0. The van der Waals surface area contributed by atoms with E-state index in [0.29, 0.717) is 19.6 Å². The van der Waals surface area contributed by atoms with Crippen molar-refractivity contribution in [3.8, 4) is 0 Å². The van der Waals surface area contributed by atoms with Gasteiger partial charge in [-0.25, -0.2) is 4.79 Å². The average Bonchev–Trinajstić information content (AvgIpc) is 2.28. The first-order valence-electron chi connectivity index (χ1n) is 6.37. The topological polar surface area (TPSA) is 69.6 Å². The van der Waals surface area contributed by atoms with Crippen molar-refractivity contribution in [2.24, 2.45) is 5.92 Å². The Labute approximate surface area is 108 Å². The van der Waals surface area contributed by atoms with Crippen LogP contribution in [0.5, 0.6) is 0 Å².